The zero-order chi connectivity index (χ0) is 20.6. The molecule has 0 aliphatic heterocycles. The lowest BCUT2D eigenvalue weighted by Crippen LogP contribution is -2.19. The molecule has 148 valence electrons. The van der Waals surface area contributed by atoms with E-state index in [1.165, 1.54) is 18.7 Å². The molecule has 0 aromatic heterocycles. The average molecular weight is 407 g/mol. The summed E-state index contributed by atoms with van der Waals surface area (Å²) in [4.78, 5) is 25.4. The lowest BCUT2D eigenvalue weighted by Gasteiger charge is -2.18. The van der Waals surface area contributed by atoms with Gasteiger partial charge in [0.25, 0.3) is 0 Å². The number of ether oxygens (including phenoxy) is 1. The molecule has 0 radical (unpaired) electrons. The Bertz CT molecular complexity index is 992. The molecule has 5 nitrogen and oxygen atoms in total. The Morgan fingerprint density at radius 3 is 2.34 bits per heavy atom. The number of carbonyl (C=O) groups excluding carboxylic acids is 2. The van der Waals surface area contributed by atoms with Crippen molar-refractivity contribution >= 4 is 35.0 Å². The number of carbonyl (C=O) groups is 2. The molecule has 2 amide bonds. The van der Waals surface area contributed by atoms with Gasteiger partial charge in [-0.2, -0.15) is 0 Å². The van der Waals surface area contributed by atoms with Gasteiger partial charge in [0.1, 0.15) is 11.0 Å². The molecule has 0 heterocycles. The first-order chi connectivity index (χ1) is 14.1. The fourth-order valence-corrected chi connectivity index (χ4v) is 3.92. The van der Waals surface area contributed by atoms with Gasteiger partial charge < -0.3 is 15.4 Å². The number of para-hydroxylation sites is 2. The Balaban J connectivity index is 1.87. The summed E-state index contributed by atoms with van der Waals surface area (Å²) in [7, 11) is 1.57. The number of anilines is 2. The Morgan fingerprint density at radius 1 is 0.897 bits per heavy atom. The van der Waals surface area contributed by atoms with Gasteiger partial charge in [-0.15, -0.1) is 11.8 Å². The van der Waals surface area contributed by atoms with Crippen LogP contribution in [-0.2, 0) is 9.59 Å². The smallest absolute Gasteiger partial charge is 0.242 e. The molecule has 1 atom stereocenters. The number of thioether (sulfide) groups is 1. The Hall–Kier alpha value is -3.25. The van der Waals surface area contributed by atoms with Crippen molar-refractivity contribution in [2.75, 3.05) is 17.7 Å². The van der Waals surface area contributed by atoms with Crippen molar-refractivity contribution in [2.24, 2.45) is 0 Å². The largest absolute Gasteiger partial charge is 0.495 e. The first-order valence-electron chi connectivity index (χ1n) is 9.10. The summed E-state index contributed by atoms with van der Waals surface area (Å²) < 4.78 is 5.34. The first-order valence-corrected chi connectivity index (χ1v) is 9.98. The molecular formula is C23H22N2O3S. The van der Waals surface area contributed by atoms with Crippen molar-refractivity contribution in [1.82, 2.24) is 0 Å². The number of hydrogen-bond acceptors (Lipinski definition) is 4. The lowest BCUT2D eigenvalue weighted by molar-refractivity contribution is -0.116. The van der Waals surface area contributed by atoms with E-state index >= 15 is 0 Å². The van der Waals surface area contributed by atoms with Crippen LogP contribution in [0.1, 0.15) is 17.7 Å². The minimum absolute atomic E-state index is 0.138. The summed E-state index contributed by atoms with van der Waals surface area (Å²) in [6.45, 7) is 1.47. The van der Waals surface area contributed by atoms with Gasteiger partial charge in [-0.05, 0) is 35.9 Å². The molecule has 0 spiro atoms. The van der Waals surface area contributed by atoms with Crippen LogP contribution in [0.5, 0.6) is 5.75 Å². The summed E-state index contributed by atoms with van der Waals surface area (Å²) in [6, 6.07) is 24.4. The van der Waals surface area contributed by atoms with E-state index in [4.69, 9.17) is 4.74 Å². The molecule has 0 aliphatic carbocycles. The predicted molar refractivity (Wildman–Crippen MR) is 117 cm³/mol. The summed E-state index contributed by atoms with van der Waals surface area (Å²) in [5.41, 5.74) is 2.20. The topological polar surface area (TPSA) is 67.4 Å². The maximum atomic E-state index is 13.2. The Kier molecular flexibility index (Phi) is 6.92. The quantitative estimate of drug-likeness (QED) is 0.534. The average Bonchev–Trinajstić information content (AvgIpc) is 2.73. The molecule has 0 fully saturated rings. The van der Waals surface area contributed by atoms with Crippen LogP contribution in [0.3, 0.4) is 0 Å². The van der Waals surface area contributed by atoms with Gasteiger partial charge in [-0.3, -0.25) is 9.59 Å². The maximum Gasteiger partial charge on any atom is 0.242 e. The van der Waals surface area contributed by atoms with E-state index in [9.17, 15) is 9.59 Å². The van der Waals surface area contributed by atoms with Crippen LogP contribution in [0.4, 0.5) is 11.4 Å². The SMILES string of the molecule is COc1ccccc1NC(=O)C(Sc1cccc(NC(C)=O)c1)c1ccccc1. The molecular weight excluding hydrogens is 384 g/mol. The summed E-state index contributed by atoms with van der Waals surface area (Å²) in [5.74, 6) is 0.307. The van der Waals surface area contributed by atoms with E-state index in [0.717, 1.165) is 10.5 Å². The monoisotopic (exact) mass is 406 g/mol. The summed E-state index contributed by atoms with van der Waals surface area (Å²) >= 11 is 1.42. The third-order valence-electron chi connectivity index (χ3n) is 4.11. The highest BCUT2D eigenvalue weighted by atomic mass is 32.2. The second-order valence-electron chi connectivity index (χ2n) is 6.31. The third kappa shape index (κ3) is 5.62. The highest BCUT2D eigenvalue weighted by Gasteiger charge is 2.23. The number of rotatable bonds is 7. The number of amides is 2. The third-order valence-corrected chi connectivity index (χ3v) is 5.36. The Morgan fingerprint density at radius 2 is 1.62 bits per heavy atom. The van der Waals surface area contributed by atoms with Gasteiger partial charge in [0.2, 0.25) is 11.8 Å². The van der Waals surface area contributed by atoms with E-state index in [1.54, 1.807) is 19.2 Å². The Labute approximate surface area is 174 Å². The fourth-order valence-electron chi connectivity index (χ4n) is 2.83. The highest BCUT2D eigenvalue weighted by Crippen LogP contribution is 2.37. The molecule has 3 aromatic rings. The van der Waals surface area contributed by atoms with Gasteiger partial charge in [0.05, 0.1) is 12.8 Å². The van der Waals surface area contributed by atoms with Gasteiger partial charge in [0, 0.05) is 17.5 Å². The minimum Gasteiger partial charge on any atom is -0.495 e. The van der Waals surface area contributed by atoms with Gasteiger partial charge in [-0.1, -0.05) is 48.5 Å². The summed E-state index contributed by atoms with van der Waals surface area (Å²) in [5, 5.41) is 5.27. The minimum atomic E-state index is -0.478. The number of methoxy groups -OCH3 is 1. The molecule has 3 rings (SSSR count). The molecule has 1 unspecified atom stereocenters. The van der Waals surface area contributed by atoms with Gasteiger partial charge in [-0.25, -0.2) is 0 Å². The summed E-state index contributed by atoms with van der Waals surface area (Å²) in [6.07, 6.45) is 0. The van der Waals surface area contributed by atoms with E-state index in [0.29, 0.717) is 17.1 Å². The zero-order valence-electron chi connectivity index (χ0n) is 16.2. The molecule has 0 saturated heterocycles. The van der Waals surface area contributed by atoms with Crippen LogP contribution in [0, 0.1) is 0 Å². The van der Waals surface area contributed by atoms with Crippen LogP contribution >= 0.6 is 11.8 Å². The van der Waals surface area contributed by atoms with Crippen molar-refractivity contribution in [2.45, 2.75) is 17.1 Å². The molecule has 6 heteroatoms. The van der Waals surface area contributed by atoms with Crippen molar-refractivity contribution in [3.63, 3.8) is 0 Å². The van der Waals surface area contributed by atoms with Crippen molar-refractivity contribution in [3.05, 3.63) is 84.4 Å². The second-order valence-corrected chi connectivity index (χ2v) is 7.49. The van der Waals surface area contributed by atoms with Crippen molar-refractivity contribution in [1.29, 1.82) is 0 Å². The van der Waals surface area contributed by atoms with E-state index in [1.807, 2.05) is 66.7 Å². The lowest BCUT2D eigenvalue weighted by atomic mass is 10.1. The predicted octanol–water partition coefficient (Wildman–Crippen LogP) is 5.13. The number of benzene rings is 3. The maximum absolute atomic E-state index is 13.2. The van der Waals surface area contributed by atoms with E-state index in [-0.39, 0.29) is 11.8 Å². The van der Waals surface area contributed by atoms with Gasteiger partial charge in [0.15, 0.2) is 0 Å². The second kappa shape index (κ2) is 9.80. The van der Waals surface area contributed by atoms with Gasteiger partial charge >= 0.3 is 0 Å². The van der Waals surface area contributed by atoms with Crippen LogP contribution < -0.4 is 15.4 Å². The molecule has 29 heavy (non-hydrogen) atoms. The molecule has 0 bridgehead atoms. The molecule has 0 aliphatic rings. The number of nitrogens with one attached hydrogen (secondary N) is 2. The van der Waals surface area contributed by atoms with Crippen molar-refractivity contribution in [3.8, 4) is 5.75 Å². The molecule has 3 aromatic carbocycles. The first kappa shape index (κ1) is 20.5. The number of hydrogen-bond donors (Lipinski definition) is 2. The normalized spacial score (nSPS) is 11.4. The van der Waals surface area contributed by atoms with Crippen LogP contribution in [0.15, 0.2) is 83.8 Å². The van der Waals surface area contributed by atoms with Crippen LogP contribution in [0.25, 0.3) is 0 Å². The zero-order valence-corrected chi connectivity index (χ0v) is 17.0. The highest BCUT2D eigenvalue weighted by molar-refractivity contribution is 8.00. The standard InChI is InChI=1S/C23H22N2O3S/c1-16(26)24-18-11-8-12-19(15-18)29-22(17-9-4-3-5-10-17)23(27)25-20-13-6-7-14-21(20)28-2/h3-15,22H,1-2H3,(H,24,26)(H,25,27). The van der Waals surface area contributed by atoms with E-state index < -0.39 is 5.25 Å². The fraction of sp³-hybridized carbons (Fsp3) is 0.130. The molecule has 0 saturated carbocycles. The van der Waals surface area contributed by atoms with Crippen molar-refractivity contribution < 1.29 is 14.3 Å². The van der Waals surface area contributed by atoms with Crippen LogP contribution in [0.2, 0.25) is 0 Å². The van der Waals surface area contributed by atoms with E-state index in [2.05, 4.69) is 10.6 Å². The molecule has 2 N–H and O–H groups in total. The van der Waals surface area contributed by atoms with Crippen LogP contribution in [-0.4, -0.2) is 18.9 Å².